The van der Waals surface area contributed by atoms with Gasteiger partial charge in [-0.05, 0) is 18.4 Å². The molecule has 1 unspecified atom stereocenters. The van der Waals surface area contributed by atoms with Crippen LogP contribution in [-0.2, 0) is 6.42 Å². The van der Waals surface area contributed by atoms with Gasteiger partial charge in [-0.1, -0.05) is 29.4 Å². The topological polar surface area (TPSA) is 75.6 Å². The molecule has 2 aromatic heterocycles. The number of nitriles is 1. The lowest BCUT2D eigenvalue weighted by molar-refractivity contribution is 0.369. The molecule has 3 aromatic rings. The third kappa shape index (κ3) is 2.24. The van der Waals surface area contributed by atoms with Crippen LogP contribution in [0.5, 0.6) is 0 Å². The number of aromatic nitrogens is 3. The van der Waals surface area contributed by atoms with Crippen LogP contribution >= 0.6 is 0 Å². The highest BCUT2D eigenvalue weighted by Gasteiger charge is 2.14. The first-order valence-corrected chi connectivity index (χ1v) is 6.34. The van der Waals surface area contributed by atoms with Gasteiger partial charge in [0.15, 0.2) is 0 Å². The normalized spacial score (nSPS) is 12.2. The Hall–Kier alpha value is -2.74. The van der Waals surface area contributed by atoms with E-state index in [4.69, 9.17) is 9.78 Å². The van der Waals surface area contributed by atoms with Crippen molar-refractivity contribution in [2.45, 2.75) is 13.3 Å². The van der Waals surface area contributed by atoms with E-state index in [1.54, 1.807) is 6.20 Å². The number of fused-ring (bicyclic) bond motifs is 1. The van der Waals surface area contributed by atoms with E-state index in [0.29, 0.717) is 23.8 Å². The summed E-state index contributed by atoms with van der Waals surface area (Å²) in [4.78, 5) is 8.67. The Kier molecular flexibility index (Phi) is 3.13. The molecule has 1 atom stereocenters. The summed E-state index contributed by atoms with van der Waals surface area (Å²) in [6.45, 7) is 1.82. The number of nitrogens with zero attached hydrogens (tertiary/aromatic N) is 4. The van der Waals surface area contributed by atoms with Crippen LogP contribution in [0.4, 0.5) is 0 Å². The van der Waals surface area contributed by atoms with Crippen molar-refractivity contribution in [3.05, 3.63) is 42.4 Å². The SMILES string of the molecule is CC(C#N)Cc1nc(-c2nccc3ccccc23)no1. The van der Waals surface area contributed by atoms with Crippen molar-refractivity contribution in [3.8, 4) is 17.6 Å². The molecule has 1 aromatic carbocycles. The zero-order chi connectivity index (χ0) is 13.9. The third-order valence-corrected chi connectivity index (χ3v) is 3.05. The number of benzene rings is 1. The molecule has 0 radical (unpaired) electrons. The average Bonchev–Trinajstić information content (AvgIpc) is 2.94. The molecule has 5 heteroatoms. The maximum Gasteiger partial charge on any atom is 0.228 e. The smallest absolute Gasteiger partial charge is 0.228 e. The summed E-state index contributed by atoms with van der Waals surface area (Å²) in [7, 11) is 0. The molecule has 0 fully saturated rings. The monoisotopic (exact) mass is 264 g/mol. The largest absolute Gasteiger partial charge is 0.339 e. The Morgan fingerprint density at radius 1 is 1.30 bits per heavy atom. The Balaban J connectivity index is 2.02. The molecule has 5 nitrogen and oxygen atoms in total. The lowest BCUT2D eigenvalue weighted by Crippen LogP contribution is -1.96. The van der Waals surface area contributed by atoms with Crippen molar-refractivity contribution in [1.82, 2.24) is 15.1 Å². The molecule has 98 valence electrons. The Morgan fingerprint density at radius 3 is 3.00 bits per heavy atom. The summed E-state index contributed by atoms with van der Waals surface area (Å²) >= 11 is 0. The maximum absolute atomic E-state index is 8.81. The van der Waals surface area contributed by atoms with E-state index in [9.17, 15) is 0 Å². The van der Waals surface area contributed by atoms with E-state index in [0.717, 1.165) is 10.8 Å². The van der Waals surface area contributed by atoms with Crippen LogP contribution in [-0.4, -0.2) is 15.1 Å². The molecular weight excluding hydrogens is 252 g/mol. The number of hydrogen-bond donors (Lipinski definition) is 0. The maximum atomic E-state index is 8.81. The molecule has 20 heavy (non-hydrogen) atoms. The second-order valence-corrected chi connectivity index (χ2v) is 4.63. The Morgan fingerprint density at radius 2 is 2.15 bits per heavy atom. The first-order chi connectivity index (χ1) is 9.78. The van der Waals surface area contributed by atoms with Gasteiger partial charge in [-0.25, -0.2) is 0 Å². The van der Waals surface area contributed by atoms with Gasteiger partial charge < -0.3 is 4.52 Å². The zero-order valence-corrected chi connectivity index (χ0v) is 10.9. The van der Waals surface area contributed by atoms with Crippen molar-refractivity contribution < 1.29 is 4.52 Å². The van der Waals surface area contributed by atoms with Crippen molar-refractivity contribution in [1.29, 1.82) is 5.26 Å². The lowest BCUT2D eigenvalue weighted by Gasteiger charge is -2.00. The van der Waals surface area contributed by atoms with Crippen molar-refractivity contribution in [2.75, 3.05) is 0 Å². The highest BCUT2D eigenvalue weighted by molar-refractivity contribution is 5.92. The van der Waals surface area contributed by atoms with Crippen LogP contribution in [0.2, 0.25) is 0 Å². The van der Waals surface area contributed by atoms with Gasteiger partial charge in [0.05, 0.1) is 12.0 Å². The van der Waals surface area contributed by atoms with Gasteiger partial charge in [-0.15, -0.1) is 0 Å². The minimum atomic E-state index is -0.149. The molecule has 0 bridgehead atoms. The summed E-state index contributed by atoms with van der Waals surface area (Å²) < 4.78 is 5.19. The van der Waals surface area contributed by atoms with Crippen molar-refractivity contribution in [3.63, 3.8) is 0 Å². The summed E-state index contributed by atoms with van der Waals surface area (Å²) in [5.41, 5.74) is 0.697. The molecular formula is C15H12N4O. The van der Waals surface area contributed by atoms with Gasteiger partial charge in [0.1, 0.15) is 5.69 Å². The minimum Gasteiger partial charge on any atom is -0.339 e. The van der Waals surface area contributed by atoms with Crippen molar-refractivity contribution >= 4 is 10.8 Å². The Bertz CT molecular complexity index is 782. The molecule has 0 aliphatic carbocycles. The molecule has 3 rings (SSSR count). The highest BCUT2D eigenvalue weighted by Crippen LogP contribution is 2.24. The van der Waals surface area contributed by atoms with Crippen LogP contribution in [0.25, 0.3) is 22.3 Å². The second-order valence-electron chi connectivity index (χ2n) is 4.63. The van der Waals surface area contributed by atoms with E-state index >= 15 is 0 Å². The fourth-order valence-electron chi connectivity index (χ4n) is 2.04. The standard InChI is InChI=1S/C15H12N4O/c1-10(9-16)8-13-18-15(19-20-13)14-12-5-3-2-4-11(12)6-7-17-14/h2-7,10H,8H2,1H3. The quantitative estimate of drug-likeness (QED) is 0.726. The zero-order valence-electron chi connectivity index (χ0n) is 10.9. The third-order valence-electron chi connectivity index (χ3n) is 3.05. The molecule has 2 heterocycles. The van der Waals surface area contributed by atoms with E-state index < -0.39 is 0 Å². The fourth-order valence-corrected chi connectivity index (χ4v) is 2.04. The lowest BCUT2D eigenvalue weighted by atomic mass is 10.1. The van der Waals surface area contributed by atoms with Crippen LogP contribution in [0.3, 0.4) is 0 Å². The van der Waals surface area contributed by atoms with Crippen LogP contribution in [0, 0.1) is 17.2 Å². The first-order valence-electron chi connectivity index (χ1n) is 6.34. The predicted octanol–water partition coefficient (Wildman–Crippen LogP) is 2.99. The molecule has 0 saturated heterocycles. The molecule has 0 aliphatic rings. The van der Waals surface area contributed by atoms with E-state index in [-0.39, 0.29) is 5.92 Å². The van der Waals surface area contributed by atoms with Gasteiger partial charge in [0.25, 0.3) is 0 Å². The summed E-state index contributed by atoms with van der Waals surface area (Å²) in [6, 6.07) is 12.0. The van der Waals surface area contributed by atoms with Crippen molar-refractivity contribution in [2.24, 2.45) is 5.92 Å². The van der Waals surface area contributed by atoms with Gasteiger partial charge in [-0.3, -0.25) is 4.98 Å². The number of hydrogen-bond acceptors (Lipinski definition) is 5. The summed E-state index contributed by atoms with van der Waals surface area (Å²) in [5, 5.41) is 14.8. The first kappa shape index (κ1) is 12.3. The average molecular weight is 264 g/mol. The summed E-state index contributed by atoms with van der Waals surface area (Å²) in [5.74, 6) is 0.773. The summed E-state index contributed by atoms with van der Waals surface area (Å²) in [6.07, 6.45) is 2.18. The highest BCUT2D eigenvalue weighted by atomic mass is 16.5. The fraction of sp³-hybridized carbons (Fsp3) is 0.200. The van der Waals surface area contributed by atoms with Crippen LogP contribution in [0.15, 0.2) is 41.1 Å². The number of pyridine rings is 1. The van der Waals surface area contributed by atoms with E-state index in [1.165, 1.54) is 0 Å². The van der Waals surface area contributed by atoms with Gasteiger partial charge in [-0.2, -0.15) is 10.2 Å². The van der Waals surface area contributed by atoms with Crippen LogP contribution in [0.1, 0.15) is 12.8 Å². The van der Waals surface area contributed by atoms with Gasteiger partial charge in [0.2, 0.25) is 11.7 Å². The molecule has 0 N–H and O–H groups in total. The van der Waals surface area contributed by atoms with Gasteiger partial charge in [0, 0.05) is 18.0 Å². The van der Waals surface area contributed by atoms with E-state index in [1.807, 2.05) is 37.3 Å². The Labute approximate surface area is 115 Å². The molecule has 0 saturated carbocycles. The van der Waals surface area contributed by atoms with Crippen LogP contribution < -0.4 is 0 Å². The predicted molar refractivity (Wildman–Crippen MR) is 73.5 cm³/mol. The molecule has 0 aliphatic heterocycles. The van der Waals surface area contributed by atoms with Gasteiger partial charge >= 0.3 is 0 Å². The molecule has 0 spiro atoms. The molecule has 0 amide bonds. The number of rotatable bonds is 3. The van der Waals surface area contributed by atoms with E-state index in [2.05, 4.69) is 21.2 Å². The second kappa shape index (κ2) is 5.10. The minimum absolute atomic E-state index is 0.149.